The molecule has 1 aromatic carbocycles. The van der Waals surface area contributed by atoms with Crippen LogP contribution in [0.2, 0.25) is 10.0 Å². The van der Waals surface area contributed by atoms with Crippen LogP contribution in [0.15, 0.2) is 6.07 Å². The summed E-state index contributed by atoms with van der Waals surface area (Å²) in [5.74, 6) is -0.673. The highest BCUT2D eigenvalue weighted by molar-refractivity contribution is 6.37. The molecular formula is C11H13Cl2NO4. The minimum Gasteiger partial charge on any atom is -0.503 e. The van der Waals surface area contributed by atoms with Gasteiger partial charge in [-0.25, -0.2) is 0 Å². The summed E-state index contributed by atoms with van der Waals surface area (Å²) in [5.41, 5.74) is 5.98. The Kier molecular flexibility index (Phi) is 5.07. The number of hydrogen-bond acceptors (Lipinski definition) is 5. The van der Waals surface area contributed by atoms with Crippen LogP contribution in [0.3, 0.4) is 0 Å². The average Bonchev–Trinajstić information content (AvgIpc) is 2.37. The topological polar surface area (TPSA) is 81.8 Å². The summed E-state index contributed by atoms with van der Waals surface area (Å²) in [6, 6.07) is 0.500. The van der Waals surface area contributed by atoms with Crippen molar-refractivity contribution in [3.05, 3.63) is 21.7 Å². The van der Waals surface area contributed by atoms with Gasteiger partial charge in [0.05, 0.1) is 19.2 Å². The van der Waals surface area contributed by atoms with Gasteiger partial charge in [-0.2, -0.15) is 0 Å². The molecule has 0 amide bonds. The van der Waals surface area contributed by atoms with Crippen molar-refractivity contribution in [1.29, 1.82) is 0 Å². The highest BCUT2D eigenvalue weighted by Gasteiger charge is 2.21. The second-order valence-electron chi connectivity index (χ2n) is 3.54. The van der Waals surface area contributed by atoms with Gasteiger partial charge in [-0.3, -0.25) is 4.79 Å². The quantitative estimate of drug-likeness (QED) is 0.827. The zero-order chi connectivity index (χ0) is 13.9. The van der Waals surface area contributed by atoms with E-state index < -0.39 is 12.0 Å². The first-order valence-electron chi connectivity index (χ1n) is 4.99. The molecule has 5 nitrogen and oxygen atoms in total. The van der Waals surface area contributed by atoms with Gasteiger partial charge in [0.1, 0.15) is 6.04 Å². The van der Waals surface area contributed by atoms with Gasteiger partial charge in [0, 0.05) is 17.5 Å². The van der Waals surface area contributed by atoms with E-state index in [0.29, 0.717) is 5.56 Å². The van der Waals surface area contributed by atoms with E-state index in [4.69, 9.17) is 33.7 Å². The Morgan fingerprint density at radius 3 is 2.61 bits per heavy atom. The Balaban J connectivity index is 3.10. The lowest BCUT2D eigenvalue weighted by molar-refractivity contribution is -0.142. The first-order valence-corrected chi connectivity index (χ1v) is 5.75. The number of phenols is 1. The average molecular weight is 294 g/mol. The molecule has 0 aromatic heterocycles. The summed E-state index contributed by atoms with van der Waals surface area (Å²) in [5, 5.41) is 10.0. The molecular weight excluding hydrogens is 281 g/mol. The Labute approximate surface area is 114 Å². The second kappa shape index (κ2) is 6.13. The molecule has 0 aliphatic carbocycles. The van der Waals surface area contributed by atoms with Crippen molar-refractivity contribution in [2.75, 3.05) is 14.2 Å². The fraction of sp³-hybridized carbons (Fsp3) is 0.364. The van der Waals surface area contributed by atoms with E-state index in [0.717, 1.165) is 0 Å². The lowest BCUT2D eigenvalue weighted by Gasteiger charge is -2.14. The molecule has 0 spiro atoms. The normalized spacial score (nSPS) is 12.1. The highest BCUT2D eigenvalue weighted by atomic mass is 35.5. The Morgan fingerprint density at radius 1 is 1.50 bits per heavy atom. The first kappa shape index (κ1) is 14.9. The Hall–Kier alpha value is -1.17. The van der Waals surface area contributed by atoms with Gasteiger partial charge < -0.3 is 20.3 Å². The molecule has 0 bridgehead atoms. The van der Waals surface area contributed by atoms with Gasteiger partial charge in [0.15, 0.2) is 11.5 Å². The molecule has 0 saturated carbocycles. The number of hydrogen-bond donors (Lipinski definition) is 2. The molecule has 18 heavy (non-hydrogen) atoms. The highest BCUT2D eigenvalue weighted by Crippen LogP contribution is 2.41. The molecule has 1 rings (SSSR count). The lowest BCUT2D eigenvalue weighted by atomic mass is 10.1. The SMILES string of the molecule is COC(=O)C(N)Cc1c(Cl)cc(OC)c(O)c1Cl. The summed E-state index contributed by atoms with van der Waals surface area (Å²) in [7, 11) is 2.61. The van der Waals surface area contributed by atoms with Crippen molar-refractivity contribution < 1.29 is 19.4 Å². The monoisotopic (exact) mass is 293 g/mol. The molecule has 0 aliphatic heterocycles. The van der Waals surface area contributed by atoms with Gasteiger partial charge in [-0.15, -0.1) is 0 Å². The maximum atomic E-state index is 11.2. The van der Waals surface area contributed by atoms with E-state index in [-0.39, 0.29) is 28.0 Å². The van der Waals surface area contributed by atoms with E-state index in [2.05, 4.69) is 4.74 Å². The number of methoxy groups -OCH3 is 2. The molecule has 1 unspecified atom stereocenters. The minimum absolute atomic E-state index is 0.0127. The number of aromatic hydroxyl groups is 1. The predicted molar refractivity (Wildman–Crippen MR) is 68.4 cm³/mol. The third kappa shape index (κ3) is 2.98. The third-order valence-electron chi connectivity index (χ3n) is 2.40. The van der Waals surface area contributed by atoms with Crippen LogP contribution in [0.1, 0.15) is 5.56 Å². The summed E-state index contributed by atoms with van der Waals surface area (Å²) < 4.78 is 9.40. The molecule has 0 saturated heterocycles. The molecule has 0 aliphatic rings. The minimum atomic E-state index is -0.905. The largest absolute Gasteiger partial charge is 0.503 e. The molecule has 0 heterocycles. The van der Waals surface area contributed by atoms with Crippen LogP contribution in [0, 0.1) is 0 Å². The zero-order valence-electron chi connectivity index (χ0n) is 9.87. The number of phenolic OH excluding ortho intramolecular Hbond substituents is 1. The van der Waals surface area contributed by atoms with Crippen LogP contribution in [0.25, 0.3) is 0 Å². The van der Waals surface area contributed by atoms with Crippen molar-refractivity contribution in [2.24, 2.45) is 5.73 Å². The van der Waals surface area contributed by atoms with E-state index in [1.54, 1.807) is 0 Å². The van der Waals surface area contributed by atoms with E-state index in [1.165, 1.54) is 20.3 Å². The van der Waals surface area contributed by atoms with Crippen molar-refractivity contribution in [3.8, 4) is 11.5 Å². The number of halogens is 2. The van der Waals surface area contributed by atoms with E-state index >= 15 is 0 Å². The second-order valence-corrected chi connectivity index (χ2v) is 4.32. The van der Waals surface area contributed by atoms with Gasteiger partial charge in [0.25, 0.3) is 0 Å². The Morgan fingerprint density at radius 2 is 2.11 bits per heavy atom. The van der Waals surface area contributed by atoms with E-state index in [9.17, 15) is 9.90 Å². The Bertz CT molecular complexity index is 465. The maximum absolute atomic E-state index is 11.2. The number of carbonyl (C=O) groups is 1. The molecule has 7 heteroatoms. The number of nitrogens with two attached hydrogens (primary N) is 1. The maximum Gasteiger partial charge on any atom is 0.322 e. The van der Waals surface area contributed by atoms with Crippen LogP contribution >= 0.6 is 23.2 Å². The summed E-state index contributed by atoms with van der Waals surface area (Å²) in [6.45, 7) is 0. The van der Waals surface area contributed by atoms with Crippen LogP contribution < -0.4 is 10.5 Å². The van der Waals surface area contributed by atoms with Gasteiger partial charge >= 0.3 is 5.97 Å². The molecule has 1 atom stereocenters. The van der Waals surface area contributed by atoms with E-state index in [1.807, 2.05) is 0 Å². The molecule has 3 N–H and O–H groups in total. The number of benzene rings is 1. The predicted octanol–water partition coefficient (Wildman–Crippen LogP) is 1.75. The van der Waals surface area contributed by atoms with Crippen molar-refractivity contribution in [2.45, 2.75) is 12.5 Å². The first-order chi connectivity index (χ1) is 8.42. The van der Waals surface area contributed by atoms with Crippen LogP contribution in [-0.2, 0) is 16.0 Å². The standard InChI is InChI=1S/C11H13Cl2NO4/c1-17-8-4-6(12)5(9(13)10(8)15)3-7(14)11(16)18-2/h4,7,15H,3,14H2,1-2H3. The van der Waals surface area contributed by atoms with Crippen molar-refractivity contribution in [3.63, 3.8) is 0 Å². The third-order valence-corrected chi connectivity index (χ3v) is 3.14. The summed E-state index contributed by atoms with van der Waals surface area (Å²) in [4.78, 5) is 11.2. The smallest absolute Gasteiger partial charge is 0.322 e. The number of carbonyl (C=O) groups excluding carboxylic acids is 1. The molecule has 0 fully saturated rings. The lowest BCUT2D eigenvalue weighted by Crippen LogP contribution is -2.33. The van der Waals surface area contributed by atoms with Gasteiger partial charge in [0.2, 0.25) is 0 Å². The van der Waals surface area contributed by atoms with Gasteiger partial charge in [-0.1, -0.05) is 23.2 Å². The zero-order valence-corrected chi connectivity index (χ0v) is 11.4. The fourth-order valence-corrected chi connectivity index (χ4v) is 2.02. The number of rotatable bonds is 4. The fourth-order valence-electron chi connectivity index (χ4n) is 1.42. The van der Waals surface area contributed by atoms with Crippen LogP contribution in [0.4, 0.5) is 0 Å². The van der Waals surface area contributed by atoms with Crippen LogP contribution in [0.5, 0.6) is 11.5 Å². The summed E-state index contributed by atoms with van der Waals surface area (Å²) >= 11 is 11.9. The number of esters is 1. The molecule has 0 radical (unpaired) electrons. The van der Waals surface area contributed by atoms with Gasteiger partial charge in [-0.05, 0) is 5.56 Å². The van der Waals surface area contributed by atoms with Crippen molar-refractivity contribution in [1.82, 2.24) is 0 Å². The van der Waals surface area contributed by atoms with Crippen LogP contribution in [-0.4, -0.2) is 31.3 Å². The van der Waals surface area contributed by atoms with Crippen molar-refractivity contribution >= 4 is 29.2 Å². The molecule has 100 valence electrons. The summed E-state index contributed by atoms with van der Waals surface area (Å²) in [6.07, 6.45) is 0.0574. The molecule has 1 aromatic rings. The number of ether oxygens (including phenoxy) is 2.